The van der Waals surface area contributed by atoms with Crippen molar-refractivity contribution in [2.45, 2.75) is 86.2 Å². The number of hydrogen-bond acceptors (Lipinski definition) is 10. The first-order valence-corrected chi connectivity index (χ1v) is 19.7. The van der Waals surface area contributed by atoms with E-state index in [2.05, 4.69) is 50.3 Å². The van der Waals surface area contributed by atoms with Crippen LogP contribution in [0.3, 0.4) is 0 Å². The molecule has 0 bridgehead atoms. The van der Waals surface area contributed by atoms with E-state index in [0.29, 0.717) is 36.5 Å². The zero-order valence-electron chi connectivity index (χ0n) is 33.4. The second kappa shape index (κ2) is 19.2. The number of aliphatic imine (C=N–C) groups is 1. The van der Waals surface area contributed by atoms with Gasteiger partial charge in [-0.25, -0.2) is 0 Å². The minimum absolute atomic E-state index is 0. The van der Waals surface area contributed by atoms with Crippen molar-refractivity contribution in [1.29, 1.82) is 10.8 Å². The minimum Gasteiger partial charge on any atom is -0.493 e. The van der Waals surface area contributed by atoms with Crippen molar-refractivity contribution >= 4 is 58.2 Å². The van der Waals surface area contributed by atoms with Crippen LogP contribution in [-0.4, -0.2) is 70.9 Å². The van der Waals surface area contributed by atoms with Crippen LogP contribution in [0, 0.1) is 37.5 Å². The van der Waals surface area contributed by atoms with Gasteiger partial charge in [0.2, 0.25) is 11.8 Å². The number of thiophene rings is 1. The van der Waals surface area contributed by atoms with Gasteiger partial charge in [-0.1, -0.05) is 70.3 Å². The lowest BCUT2D eigenvalue weighted by atomic mass is 9.91. The molecule has 3 heterocycles. The third-order valence-corrected chi connectivity index (χ3v) is 11.1. The SMILES string of the molecule is C=C=C(C[C@H](N=C(c1ccc(C=C)cc1)c1c(C)sc(C)c1C)C(=N)C(C)C(C)=N)NCCCOc1cccc2c1C(=O)N(C1CCC(=O)NC1=O)C2=O.CC.[HH].[HH]. The molecule has 4 amide bonds. The van der Waals surface area contributed by atoms with Crippen LogP contribution in [-0.2, 0) is 9.59 Å². The number of carbonyl (C=O) groups excluding carboxylic acids is 4. The molecule has 298 valence electrons. The zero-order chi connectivity index (χ0) is 41.3. The van der Waals surface area contributed by atoms with Crippen LogP contribution in [0.2, 0.25) is 0 Å². The molecule has 56 heavy (non-hydrogen) atoms. The fourth-order valence-corrected chi connectivity index (χ4v) is 7.67. The summed E-state index contributed by atoms with van der Waals surface area (Å²) in [7, 11) is 0. The third kappa shape index (κ3) is 9.38. The van der Waals surface area contributed by atoms with E-state index >= 15 is 0 Å². The van der Waals surface area contributed by atoms with Crippen molar-refractivity contribution in [3.8, 4) is 5.75 Å². The van der Waals surface area contributed by atoms with Crippen molar-refractivity contribution in [3.05, 3.63) is 110 Å². The predicted molar refractivity (Wildman–Crippen MR) is 229 cm³/mol. The molecule has 3 atom stereocenters. The molecular weight excluding hydrogens is 725 g/mol. The Bertz CT molecular complexity index is 2140. The maximum absolute atomic E-state index is 13.4. The third-order valence-electron chi connectivity index (χ3n) is 9.94. The highest BCUT2D eigenvalue weighted by Crippen LogP contribution is 2.34. The van der Waals surface area contributed by atoms with Gasteiger partial charge in [0.15, 0.2) is 0 Å². The number of imide groups is 2. The average molecular weight is 781 g/mol. The number of aryl methyl sites for hydroxylation is 2. The maximum atomic E-state index is 13.4. The van der Waals surface area contributed by atoms with Gasteiger partial charge in [0.05, 0.1) is 35.2 Å². The lowest BCUT2D eigenvalue weighted by Gasteiger charge is -2.27. The Kier molecular flexibility index (Phi) is 14.8. The highest BCUT2D eigenvalue weighted by atomic mass is 32.1. The number of nitrogens with zero attached hydrogens (tertiary/aromatic N) is 2. The molecule has 2 aliphatic heterocycles. The molecule has 1 fully saturated rings. The second-order valence-corrected chi connectivity index (χ2v) is 14.9. The number of hydrogen-bond donors (Lipinski definition) is 4. The summed E-state index contributed by atoms with van der Waals surface area (Å²) in [6.07, 6.45) is 2.70. The molecule has 2 unspecified atom stereocenters. The summed E-state index contributed by atoms with van der Waals surface area (Å²) >= 11 is 1.72. The van der Waals surface area contributed by atoms with E-state index in [1.54, 1.807) is 36.5 Å². The second-order valence-electron chi connectivity index (χ2n) is 13.5. The smallest absolute Gasteiger partial charge is 0.266 e. The van der Waals surface area contributed by atoms with Gasteiger partial charge in [-0.3, -0.25) is 34.4 Å². The van der Waals surface area contributed by atoms with Crippen molar-refractivity contribution in [3.63, 3.8) is 0 Å². The highest BCUT2D eigenvalue weighted by molar-refractivity contribution is 7.12. The van der Waals surface area contributed by atoms with E-state index < -0.39 is 41.6 Å². The Labute approximate surface area is 336 Å². The summed E-state index contributed by atoms with van der Waals surface area (Å²) in [5.74, 6) is -2.52. The van der Waals surface area contributed by atoms with Gasteiger partial charge in [-0.05, 0) is 63.8 Å². The van der Waals surface area contributed by atoms with E-state index in [0.717, 1.165) is 37.7 Å². The number of carbonyl (C=O) groups is 4. The van der Waals surface area contributed by atoms with E-state index in [1.165, 1.54) is 10.9 Å². The maximum Gasteiger partial charge on any atom is 0.266 e. The van der Waals surface area contributed by atoms with Gasteiger partial charge >= 0.3 is 0 Å². The van der Waals surface area contributed by atoms with Gasteiger partial charge in [0.1, 0.15) is 11.8 Å². The summed E-state index contributed by atoms with van der Waals surface area (Å²) < 4.78 is 6.01. The largest absolute Gasteiger partial charge is 0.493 e. The molecule has 3 aromatic rings. The minimum atomic E-state index is -1.06. The molecule has 0 aliphatic carbocycles. The van der Waals surface area contributed by atoms with Crippen LogP contribution in [0.25, 0.3) is 6.08 Å². The van der Waals surface area contributed by atoms with Crippen molar-refractivity contribution in [2.24, 2.45) is 10.9 Å². The zero-order valence-corrected chi connectivity index (χ0v) is 34.2. The van der Waals surface area contributed by atoms with Gasteiger partial charge in [0, 0.05) is 60.5 Å². The van der Waals surface area contributed by atoms with Crippen LogP contribution in [0.1, 0.15) is 109 Å². The van der Waals surface area contributed by atoms with Crippen LogP contribution < -0.4 is 15.4 Å². The number of fused-ring (bicyclic) bond motifs is 1. The number of benzene rings is 2. The number of nitrogens with one attached hydrogen (secondary N) is 4. The number of piperidine rings is 1. The molecular formula is C44H56N6O5S. The number of ether oxygens (including phenoxy) is 1. The molecule has 2 aromatic carbocycles. The van der Waals surface area contributed by atoms with Crippen LogP contribution >= 0.6 is 11.3 Å². The molecule has 0 radical (unpaired) electrons. The molecule has 1 aromatic heterocycles. The summed E-state index contributed by atoms with van der Waals surface area (Å²) in [5.41, 5.74) is 9.46. The Balaban J connectivity index is 0.00000286. The standard InChI is InChI=1S/C42H46N6O5S.C2H6.2H2/c1-8-28-14-16-29(17-15-28)39(36-24(4)26(6)54-27(36)7)46-32(38(44)23(3)25(5)43)22-30(9-2)45-20-11-21-53-34-13-10-12-31-37(34)42(52)48(41(31)51)33-18-19-35(49)47-40(33)50;1-2;;/h8,10,12-17,23,32-33,43-45H,1-2,11,18-22H2,3-7H3,(H,47,49,50);1-2H3;2*1H/t23?,32-,33?;;;/m0.../s1. The molecule has 0 spiro atoms. The summed E-state index contributed by atoms with van der Waals surface area (Å²) in [4.78, 5) is 59.3. The fourth-order valence-electron chi connectivity index (χ4n) is 6.60. The van der Waals surface area contributed by atoms with Crippen molar-refractivity contribution < 1.29 is 26.8 Å². The summed E-state index contributed by atoms with van der Waals surface area (Å²) in [5, 5.41) is 23.1. The number of rotatable bonds is 16. The fraction of sp³-hybridized carbons (Fsp3) is 0.364. The predicted octanol–water partition coefficient (Wildman–Crippen LogP) is 8.25. The van der Waals surface area contributed by atoms with Crippen LogP contribution in [0.4, 0.5) is 0 Å². The van der Waals surface area contributed by atoms with E-state index in [1.807, 2.05) is 45.0 Å². The van der Waals surface area contributed by atoms with E-state index in [-0.39, 0.29) is 39.2 Å². The quantitative estimate of drug-likeness (QED) is 0.0495. The van der Waals surface area contributed by atoms with Gasteiger partial charge in [-0.2, -0.15) is 0 Å². The Morgan fingerprint density at radius 2 is 1.80 bits per heavy atom. The summed E-state index contributed by atoms with van der Waals surface area (Å²) in [6, 6.07) is 11.1. The lowest BCUT2D eigenvalue weighted by molar-refractivity contribution is -0.136. The van der Waals surface area contributed by atoms with Crippen molar-refractivity contribution in [1.82, 2.24) is 15.5 Å². The Morgan fingerprint density at radius 1 is 1.11 bits per heavy atom. The molecule has 2 aliphatic rings. The Hall–Kier alpha value is -5.71. The molecule has 5 rings (SSSR count). The topological polar surface area (TPSA) is 165 Å². The van der Waals surface area contributed by atoms with Gasteiger partial charge in [-0.15, -0.1) is 17.1 Å². The molecule has 1 saturated heterocycles. The number of amides is 4. The van der Waals surface area contributed by atoms with Crippen molar-refractivity contribution in [2.75, 3.05) is 13.2 Å². The summed E-state index contributed by atoms with van der Waals surface area (Å²) in [6.45, 7) is 22.3. The van der Waals surface area contributed by atoms with E-state index in [4.69, 9.17) is 15.1 Å². The normalized spacial score (nSPS) is 16.2. The van der Waals surface area contributed by atoms with Crippen LogP contribution in [0.5, 0.6) is 5.75 Å². The van der Waals surface area contributed by atoms with Gasteiger partial charge < -0.3 is 20.9 Å². The van der Waals surface area contributed by atoms with Gasteiger partial charge in [0.25, 0.3) is 11.8 Å². The first-order valence-electron chi connectivity index (χ1n) is 18.9. The monoisotopic (exact) mass is 780 g/mol. The molecule has 4 N–H and O–H groups in total. The van der Waals surface area contributed by atoms with E-state index in [9.17, 15) is 24.6 Å². The molecule has 11 nitrogen and oxygen atoms in total. The lowest BCUT2D eigenvalue weighted by Crippen LogP contribution is -2.54. The molecule has 12 heteroatoms. The highest BCUT2D eigenvalue weighted by Gasteiger charge is 2.46. The molecule has 0 saturated carbocycles. The first-order chi connectivity index (χ1) is 26.8. The van der Waals surface area contributed by atoms with Crippen LogP contribution in [0.15, 0.2) is 72.0 Å². The average Bonchev–Trinajstić information content (AvgIpc) is 3.60. The first kappa shape index (κ1) is 43.0. The Morgan fingerprint density at radius 3 is 2.39 bits per heavy atom.